The molecular formula is C15H22O4. The van der Waals surface area contributed by atoms with Crippen LogP contribution in [0.25, 0.3) is 0 Å². The normalized spacial score (nSPS) is 19.1. The van der Waals surface area contributed by atoms with E-state index in [0.717, 1.165) is 30.9 Å². The minimum atomic E-state index is -0.0560. The molecule has 106 valence electrons. The topological polar surface area (TPSA) is 36.9 Å². The second-order valence-corrected chi connectivity index (χ2v) is 4.40. The third-order valence-electron chi connectivity index (χ3n) is 2.93. The average Bonchev–Trinajstić information content (AvgIpc) is 2.47. The Kier molecular flexibility index (Phi) is 5.98. The molecule has 0 radical (unpaired) electrons. The molecule has 1 aliphatic rings. The van der Waals surface area contributed by atoms with Crippen LogP contribution in [-0.2, 0) is 9.47 Å². The van der Waals surface area contributed by atoms with E-state index in [1.54, 1.807) is 0 Å². The van der Waals surface area contributed by atoms with E-state index in [0.29, 0.717) is 19.8 Å². The van der Waals surface area contributed by atoms with Crippen molar-refractivity contribution in [2.24, 2.45) is 0 Å². The summed E-state index contributed by atoms with van der Waals surface area (Å²) in [6.45, 7) is 4.43. The molecule has 1 saturated heterocycles. The first kappa shape index (κ1) is 14.2. The Bertz CT molecular complexity index is 361. The second-order valence-electron chi connectivity index (χ2n) is 4.40. The fourth-order valence-corrected chi connectivity index (χ4v) is 2.02. The SMILES string of the molecule is CCOc1ccccc1OCCOC1CCCCO1. The van der Waals surface area contributed by atoms with Crippen molar-refractivity contribution in [2.75, 3.05) is 26.4 Å². The van der Waals surface area contributed by atoms with E-state index in [2.05, 4.69) is 0 Å². The van der Waals surface area contributed by atoms with Gasteiger partial charge in [0.05, 0.1) is 13.2 Å². The van der Waals surface area contributed by atoms with E-state index in [9.17, 15) is 0 Å². The summed E-state index contributed by atoms with van der Waals surface area (Å²) in [6, 6.07) is 7.68. The van der Waals surface area contributed by atoms with Crippen molar-refractivity contribution in [3.8, 4) is 11.5 Å². The summed E-state index contributed by atoms with van der Waals surface area (Å²) in [5.41, 5.74) is 0. The third kappa shape index (κ3) is 4.73. The number of ether oxygens (including phenoxy) is 4. The molecule has 0 saturated carbocycles. The van der Waals surface area contributed by atoms with Gasteiger partial charge in [-0.2, -0.15) is 0 Å². The van der Waals surface area contributed by atoms with Gasteiger partial charge in [0.2, 0.25) is 0 Å². The van der Waals surface area contributed by atoms with Crippen molar-refractivity contribution < 1.29 is 18.9 Å². The molecule has 0 aliphatic carbocycles. The molecule has 0 aromatic heterocycles. The van der Waals surface area contributed by atoms with E-state index in [1.807, 2.05) is 31.2 Å². The molecule has 2 rings (SSSR count). The predicted molar refractivity (Wildman–Crippen MR) is 72.6 cm³/mol. The zero-order valence-electron chi connectivity index (χ0n) is 11.5. The second kappa shape index (κ2) is 8.02. The molecule has 0 amide bonds. The van der Waals surface area contributed by atoms with Crippen LogP contribution < -0.4 is 9.47 Å². The molecule has 1 aromatic rings. The van der Waals surface area contributed by atoms with E-state index in [4.69, 9.17) is 18.9 Å². The molecule has 4 heteroatoms. The van der Waals surface area contributed by atoms with Crippen LogP contribution in [-0.4, -0.2) is 32.7 Å². The summed E-state index contributed by atoms with van der Waals surface area (Å²) in [7, 11) is 0. The van der Waals surface area contributed by atoms with Gasteiger partial charge in [0.25, 0.3) is 0 Å². The molecule has 4 nitrogen and oxygen atoms in total. The molecule has 1 unspecified atom stereocenters. The minimum Gasteiger partial charge on any atom is -0.490 e. The first-order valence-corrected chi connectivity index (χ1v) is 6.98. The average molecular weight is 266 g/mol. The first-order valence-electron chi connectivity index (χ1n) is 6.98. The number of hydrogen-bond donors (Lipinski definition) is 0. The van der Waals surface area contributed by atoms with Crippen molar-refractivity contribution in [1.82, 2.24) is 0 Å². The Hall–Kier alpha value is -1.26. The maximum absolute atomic E-state index is 5.68. The highest BCUT2D eigenvalue weighted by molar-refractivity contribution is 5.39. The van der Waals surface area contributed by atoms with Crippen LogP contribution in [0.15, 0.2) is 24.3 Å². The predicted octanol–water partition coefficient (Wildman–Crippen LogP) is 3.01. The molecule has 1 fully saturated rings. The Morgan fingerprint density at radius 2 is 1.89 bits per heavy atom. The van der Waals surface area contributed by atoms with Gasteiger partial charge < -0.3 is 18.9 Å². The Labute approximate surface area is 114 Å². The lowest BCUT2D eigenvalue weighted by molar-refractivity contribution is -0.165. The lowest BCUT2D eigenvalue weighted by Crippen LogP contribution is -2.24. The number of hydrogen-bond acceptors (Lipinski definition) is 4. The van der Waals surface area contributed by atoms with Gasteiger partial charge >= 0.3 is 0 Å². The molecule has 0 bridgehead atoms. The van der Waals surface area contributed by atoms with Gasteiger partial charge in [-0.3, -0.25) is 0 Å². The molecule has 1 aliphatic heterocycles. The fourth-order valence-electron chi connectivity index (χ4n) is 2.02. The van der Waals surface area contributed by atoms with Crippen LogP contribution >= 0.6 is 0 Å². The summed E-state index contributed by atoms with van der Waals surface area (Å²) in [4.78, 5) is 0. The van der Waals surface area contributed by atoms with E-state index in [1.165, 1.54) is 6.42 Å². The molecular weight excluding hydrogens is 244 g/mol. The summed E-state index contributed by atoms with van der Waals surface area (Å²) in [5, 5.41) is 0. The standard InChI is InChI=1S/C15H22O4/c1-2-16-13-7-3-4-8-14(13)17-11-12-19-15-9-5-6-10-18-15/h3-4,7-8,15H,2,5-6,9-12H2,1H3. The lowest BCUT2D eigenvalue weighted by Gasteiger charge is -2.22. The molecule has 19 heavy (non-hydrogen) atoms. The van der Waals surface area contributed by atoms with E-state index in [-0.39, 0.29) is 6.29 Å². The summed E-state index contributed by atoms with van der Waals surface area (Å²) in [6.07, 6.45) is 3.24. The molecule has 0 N–H and O–H groups in total. The number of benzene rings is 1. The zero-order valence-corrected chi connectivity index (χ0v) is 11.5. The number of para-hydroxylation sites is 2. The van der Waals surface area contributed by atoms with Crippen molar-refractivity contribution in [3.63, 3.8) is 0 Å². The van der Waals surface area contributed by atoms with Gasteiger partial charge in [0.1, 0.15) is 6.61 Å². The van der Waals surface area contributed by atoms with Crippen LogP contribution in [0.3, 0.4) is 0 Å². The molecule has 1 atom stereocenters. The van der Waals surface area contributed by atoms with E-state index >= 15 is 0 Å². The Balaban J connectivity index is 1.70. The van der Waals surface area contributed by atoms with Gasteiger partial charge in [0.15, 0.2) is 17.8 Å². The van der Waals surface area contributed by atoms with E-state index < -0.39 is 0 Å². The molecule has 1 heterocycles. The highest BCUT2D eigenvalue weighted by atomic mass is 16.7. The van der Waals surface area contributed by atoms with Crippen molar-refractivity contribution in [1.29, 1.82) is 0 Å². The minimum absolute atomic E-state index is 0.0560. The third-order valence-corrected chi connectivity index (χ3v) is 2.93. The summed E-state index contributed by atoms with van der Waals surface area (Å²) in [5.74, 6) is 1.54. The van der Waals surface area contributed by atoms with Gasteiger partial charge in [-0.05, 0) is 38.3 Å². The summed E-state index contributed by atoms with van der Waals surface area (Å²) < 4.78 is 22.3. The molecule has 0 spiro atoms. The largest absolute Gasteiger partial charge is 0.490 e. The fraction of sp³-hybridized carbons (Fsp3) is 0.600. The Morgan fingerprint density at radius 1 is 1.11 bits per heavy atom. The van der Waals surface area contributed by atoms with Crippen LogP contribution in [0.1, 0.15) is 26.2 Å². The van der Waals surface area contributed by atoms with Gasteiger partial charge in [-0.25, -0.2) is 0 Å². The van der Waals surface area contributed by atoms with Crippen LogP contribution in [0.4, 0.5) is 0 Å². The quantitative estimate of drug-likeness (QED) is 0.711. The Morgan fingerprint density at radius 3 is 2.58 bits per heavy atom. The van der Waals surface area contributed by atoms with Gasteiger partial charge in [-0.1, -0.05) is 12.1 Å². The van der Waals surface area contributed by atoms with Crippen molar-refractivity contribution in [2.45, 2.75) is 32.5 Å². The lowest BCUT2D eigenvalue weighted by atomic mass is 10.2. The van der Waals surface area contributed by atoms with Crippen LogP contribution in [0.5, 0.6) is 11.5 Å². The van der Waals surface area contributed by atoms with Crippen LogP contribution in [0.2, 0.25) is 0 Å². The van der Waals surface area contributed by atoms with Crippen molar-refractivity contribution in [3.05, 3.63) is 24.3 Å². The van der Waals surface area contributed by atoms with Crippen LogP contribution in [0, 0.1) is 0 Å². The highest BCUT2D eigenvalue weighted by Crippen LogP contribution is 2.26. The maximum Gasteiger partial charge on any atom is 0.161 e. The summed E-state index contributed by atoms with van der Waals surface area (Å²) >= 11 is 0. The number of rotatable bonds is 7. The first-order chi connectivity index (χ1) is 9.40. The monoisotopic (exact) mass is 266 g/mol. The molecule has 1 aromatic carbocycles. The smallest absolute Gasteiger partial charge is 0.161 e. The highest BCUT2D eigenvalue weighted by Gasteiger charge is 2.13. The zero-order chi connectivity index (χ0) is 13.3. The van der Waals surface area contributed by atoms with Gasteiger partial charge in [0, 0.05) is 6.61 Å². The van der Waals surface area contributed by atoms with Gasteiger partial charge in [-0.15, -0.1) is 0 Å². The van der Waals surface area contributed by atoms with Crippen molar-refractivity contribution >= 4 is 0 Å². The maximum atomic E-state index is 5.68.